The maximum absolute atomic E-state index is 13.1. The molecule has 0 aliphatic heterocycles. The van der Waals surface area contributed by atoms with Crippen molar-refractivity contribution < 1.29 is 14.0 Å². The first-order valence-electron chi connectivity index (χ1n) is 8.27. The van der Waals surface area contributed by atoms with Crippen molar-refractivity contribution in [1.29, 1.82) is 0 Å². The molecular formula is C20H23FN2O2. The fourth-order valence-electron chi connectivity index (χ4n) is 2.60. The topological polar surface area (TPSA) is 58.2 Å². The van der Waals surface area contributed by atoms with Crippen LogP contribution in [-0.2, 0) is 16.0 Å². The van der Waals surface area contributed by atoms with E-state index < -0.39 is 0 Å². The van der Waals surface area contributed by atoms with Gasteiger partial charge in [0.05, 0.1) is 13.0 Å². The Morgan fingerprint density at radius 1 is 1.08 bits per heavy atom. The number of carbonyl (C=O) groups is 2. The molecule has 0 fully saturated rings. The van der Waals surface area contributed by atoms with Crippen molar-refractivity contribution in [3.63, 3.8) is 0 Å². The molecule has 132 valence electrons. The fourth-order valence-corrected chi connectivity index (χ4v) is 2.60. The average Bonchev–Trinajstić information content (AvgIpc) is 2.54. The zero-order chi connectivity index (χ0) is 18.4. The highest BCUT2D eigenvalue weighted by atomic mass is 19.1. The predicted molar refractivity (Wildman–Crippen MR) is 97.0 cm³/mol. The van der Waals surface area contributed by atoms with E-state index in [1.165, 1.54) is 12.1 Å². The molecule has 2 aromatic carbocycles. The summed E-state index contributed by atoms with van der Waals surface area (Å²) in [6.45, 7) is 5.93. The van der Waals surface area contributed by atoms with E-state index in [2.05, 4.69) is 24.5 Å². The van der Waals surface area contributed by atoms with Crippen molar-refractivity contribution in [2.24, 2.45) is 0 Å². The number of benzene rings is 2. The molecule has 2 N–H and O–H groups in total. The molecule has 0 unspecified atom stereocenters. The Labute approximate surface area is 147 Å². The molecule has 2 amide bonds. The maximum Gasteiger partial charge on any atom is 0.243 e. The lowest BCUT2D eigenvalue weighted by molar-refractivity contribution is -0.123. The van der Waals surface area contributed by atoms with Gasteiger partial charge < -0.3 is 10.6 Å². The molecule has 2 aromatic rings. The standard InChI is InChI=1S/C20H23FN2O2/c1-13(2)17-9-4-6-14(3)20(17)23-19(25)12-22-18(24)11-15-7-5-8-16(21)10-15/h4-10,13H,11-12H2,1-3H3,(H,22,24)(H,23,25). The van der Waals surface area contributed by atoms with Crippen molar-refractivity contribution in [2.75, 3.05) is 11.9 Å². The van der Waals surface area contributed by atoms with Crippen molar-refractivity contribution in [2.45, 2.75) is 33.1 Å². The molecule has 2 rings (SSSR count). The lowest BCUT2D eigenvalue weighted by Gasteiger charge is -2.16. The van der Waals surface area contributed by atoms with Crippen LogP contribution in [0.25, 0.3) is 0 Å². The van der Waals surface area contributed by atoms with Gasteiger partial charge in [-0.05, 0) is 41.7 Å². The van der Waals surface area contributed by atoms with Crippen LogP contribution < -0.4 is 10.6 Å². The van der Waals surface area contributed by atoms with Crippen LogP contribution >= 0.6 is 0 Å². The van der Waals surface area contributed by atoms with E-state index in [-0.39, 0.29) is 36.5 Å². The van der Waals surface area contributed by atoms with Crippen LogP contribution in [-0.4, -0.2) is 18.4 Å². The first-order chi connectivity index (χ1) is 11.9. The van der Waals surface area contributed by atoms with Gasteiger partial charge in [-0.15, -0.1) is 0 Å². The number of anilines is 1. The van der Waals surface area contributed by atoms with Crippen LogP contribution in [0.3, 0.4) is 0 Å². The number of hydrogen-bond acceptors (Lipinski definition) is 2. The molecule has 0 saturated carbocycles. The number of nitrogens with one attached hydrogen (secondary N) is 2. The lowest BCUT2D eigenvalue weighted by Crippen LogP contribution is -2.34. The van der Waals surface area contributed by atoms with E-state index in [1.54, 1.807) is 12.1 Å². The molecule has 0 spiro atoms. The van der Waals surface area contributed by atoms with Gasteiger partial charge in [-0.1, -0.05) is 44.2 Å². The molecule has 0 atom stereocenters. The van der Waals surface area contributed by atoms with Crippen molar-refractivity contribution in [3.8, 4) is 0 Å². The summed E-state index contributed by atoms with van der Waals surface area (Å²) < 4.78 is 13.1. The number of rotatable bonds is 6. The molecule has 0 heterocycles. The molecule has 0 radical (unpaired) electrons. The summed E-state index contributed by atoms with van der Waals surface area (Å²) in [6, 6.07) is 11.7. The minimum Gasteiger partial charge on any atom is -0.347 e. The summed E-state index contributed by atoms with van der Waals surface area (Å²) in [5.41, 5.74) is 3.39. The number of aryl methyl sites for hydroxylation is 1. The number of para-hydroxylation sites is 1. The second-order valence-corrected chi connectivity index (χ2v) is 6.33. The summed E-state index contributed by atoms with van der Waals surface area (Å²) in [5, 5.41) is 5.44. The maximum atomic E-state index is 13.1. The monoisotopic (exact) mass is 342 g/mol. The van der Waals surface area contributed by atoms with Gasteiger partial charge in [0.2, 0.25) is 11.8 Å². The second-order valence-electron chi connectivity index (χ2n) is 6.33. The van der Waals surface area contributed by atoms with Crippen molar-refractivity contribution >= 4 is 17.5 Å². The quantitative estimate of drug-likeness (QED) is 0.843. The molecular weight excluding hydrogens is 319 g/mol. The SMILES string of the molecule is Cc1cccc(C(C)C)c1NC(=O)CNC(=O)Cc1cccc(F)c1. The third kappa shape index (κ3) is 5.41. The molecule has 0 aliphatic rings. The Hall–Kier alpha value is -2.69. The van der Waals surface area contributed by atoms with Crippen LogP contribution in [0.1, 0.15) is 36.5 Å². The molecule has 0 saturated heterocycles. The Bertz CT molecular complexity index is 772. The van der Waals surface area contributed by atoms with Gasteiger partial charge in [0.15, 0.2) is 0 Å². The summed E-state index contributed by atoms with van der Waals surface area (Å²) in [7, 11) is 0. The number of carbonyl (C=O) groups excluding carboxylic acids is 2. The molecule has 0 aliphatic carbocycles. The van der Waals surface area contributed by atoms with E-state index >= 15 is 0 Å². The summed E-state index contributed by atoms with van der Waals surface area (Å²) in [4.78, 5) is 24.1. The molecule has 0 bridgehead atoms. The summed E-state index contributed by atoms with van der Waals surface area (Å²) in [5.74, 6) is -0.722. The zero-order valence-electron chi connectivity index (χ0n) is 14.7. The zero-order valence-corrected chi connectivity index (χ0v) is 14.7. The van der Waals surface area contributed by atoms with Gasteiger partial charge in [-0.25, -0.2) is 4.39 Å². The second kappa shape index (κ2) is 8.42. The van der Waals surface area contributed by atoms with Crippen LogP contribution in [0.5, 0.6) is 0 Å². The number of hydrogen-bond donors (Lipinski definition) is 2. The number of amides is 2. The Balaban J connectivity index is 1.92. The van der Waals surface area contributed by atoms with Gasteiger partial charge in [-0.2, -0.15) is 0 Å². The smallest absolute Gasteiger partial charge is 0.243 e. The van der Waals surface area contributed by atoms with Gasteiger partial charge >= 0.3 is 0 Å². The Morgan fingerprint density at radius 3 is 2.48 bits per heavy atom. The largest absolute Gasteiger partial charge is 0.347 e. The third-order valence-electron chi connectivity index (χ3n) is 3.89. The van der Waals surface area contributed by atoms with E-state index in [0.29, 0.717) is 5.56 Å². The highest BCUT2D eigenvalue weighted by Gasteiger charge is 2.13. The van der Waals surface area contributed by atoms with Crippen LogP contribution in [0, 0.1) is 12.7 Å². The summed E-state index contributed by atoms with van der Waals surface area (Å²) >= 11 is 0. The first-order valence-corrected chi connectivity index (χ1v) is 8.27. The van der Waals surface area contributed by atoms with Crippen molar-refractivity contribution in [1.82, 2.24) is 5.32 Å². The van der Waals surface area contributed by atoms with Gasteiger partial charge in [0.1, 0.15) is 5.82 Å². The van der Waals surface area contributed by atoms with E-state index in [1.807, 2.05) is 25.1 Å². The van der Waals surface area contributed by atoms with E-state index in [9.17, 15) is 14.0 Å². The predicted octanol–water partition coefficient (Wildman–Crippen LogP) is 3.55. The Morgan fingerprint density at radius 2 is 1.80 bits per heavy atom. The molecule has 25 heavy (non-hydrogen) atoms. The fraction of sp³-hybridized carbons (Fsp3) is 0.300. The van der Waals surface area contributed by atoms with Gasteiger partial charge in [-0.3, -0.25) is 9.59 Å². The molecule has 0 aromatic heterocycles. The van der Waals surface area contributed by atoms with Gasteiger partial charge in [0.25, 0.3) is 0 Å². The first kappa shape index (κ1) is 18.6. The lowest BCUT2D eigenvalue weighted by atomic mass is 9.98. The minimum absolute atomic E-state index is 0.0344. The van der Waals surface area contributed by atoms with E-state index in [0.717, 1.165) is 16.8 Å². The van der Waals surface area contributed by atoms with Gasteiger partial charge in [0, 0.05) is 5.69 Å². The third-order valence-corrected chi connectivity index (χ3v) is 3.89. The highest BCUT2D eigenvalue weighted by molar-refractivity contribution is 5.96. The van der Waals surface area contributed by atoms with Crippen LogP contribution in [0.15, 0.2) is 42.5 Å². The highest BCUT2D eigenvalue weighted by Crippen LogP contribution is 2.27. The molecule has 4 nitrogen and oxygen atoms in total. The Kier molecular flexibility index (Phi) is 6.28. The summed E-state index contributed by atoms with van der Waals surface area (Å²) in [6.07, 6.45) is 0.0344. The minimum atomic E-state index is -0.385. The van der Waals surface area contributed by atoms with Crippen LogP contribution in [0.2, 0.25) is 0 Å². The van der Waals surface area contributed by atoms with Crippen molar-refractivity contribution in [3.05, 3.63) is 65.0 Å². The van der Waals surface area contributed by atoms with E-state index in [4.69, 9.17) is 0 Å². The normalized spacial score (nSPS) is 10.6. The number of halogens is 1. The molecule has 5 heteroatoms. The van der Waals surface area contributed by atoms with Crippen LogP contribution in [0.4, 0.5) is 10.1 Å². The average molecular weight is 342 g/mol.